The molecule has 1 aliphatic heterocycles. The molecule has 2 aromatic rings. The topological polar surface area (TPSA) is 65.1 Å². The van der Waals surface area contributed by atoms with Crippen LogP contribution in [0.4, 0.5) is 0 Å². The number of hydrogen-bond acceptors (Lipinski definition) is 5. The largest absolute Gasteiger partial charge is 0.493 e. The van der Waals surface area contributed by atoms with Crippen molar-refractivity contribution < 1.29 is 23.8 Å². The minimum atomic E-state index is -0.553. The van der Waals surface area contributed by atoms with Crippen molar-refractivity contribution in [3.8, 4) is 11.5 Å². The predicted octanol–water partition coefficient (Wildman–Crippen LogP) is 4.69. The third kappa shape index (κ3) is 4.44. The van der Waals surface area contributed by atoms with Crippen molar-refractivity contribution in [1.29, 1.82) is 0 Å². The maximum atomic E-state index is 13.5. The molecule has 1 aliphatic rings. The second-order valence-corrected chi connectivity index (χ2v) is 7.28. The number of benzene rings is 2. The minimum absolute atomic E-state index is 0.251. The van der Waals surface area contributed by atoms with Crippen molar-refractivity contribution in [2.24, 2.45) is 0 Å². The summed E-state index contributed by atoms with van der Waals surface area (Å²) >= 11 is 0. The van der Waals surface area contributed by atoms with Crippen LogP contribution in [-0.4, -0.2) is 37.6 Å². The summed E-state index contributed by atoms with van der Waals surface area (Å²) in [4.78, 5) is 27.7. The van der Waals surface area contributed by atoms with Crippen molar-refractivity contribution >= 4 is 18.0 Å². The van der Waals surface area contributed by atoms with Crippen LogP contribution in [0.1, 0.15) is 31.0 Å². The smallest absolute Gasteiger partial charge is 0.340 e. The van der Waals surface area contributed by atoms with E-state index in [-0.39, 0.29) is 23.1 Å². The molecule has 0 saturated heterocycles. The maximum Gasteiger partial charge on any atom is 0.340 e. The summed E-state index contributed by atoms with van der Waals surface area (Å²) in [5, 5.41) is 0. The van der Waals surface area contributed by atoms with Crippen LogP contribution in [-0.2, 0) is 14.3 Å². The molecule has 0 aromatic heterocycles. The minimum Gasteiger partial charge on any atom is -0.493 e. The van der Waals surface area contributed by atoms with Crippen LogP contribution in [0.15, 0.2) is 78.0 Å². The molecular formula is C26H27NO5. The second-order valence-electron chi connectivity index (χ2n) is 7.28. The number of hydrogen-bond donors (Lipinski definition) is 0. The van der Waals surface area contributed by atoms with Gasteiger partial charge in [0.05, 0.1) is 31.4 Å². The molecule has 1 amide bonds. The molecule has 0 N–H and O–H groups in total. The van der Waals surface area contributed by atoms with Crippen LogP contribution in [0.5, 0.6) is 11.5 Å². The summed E-state index contributed by atoms with van der Waals surface area (Å²) < 4.78 is 16.0. The van der Waals surface area contributed by atoms with Gasteiger partial charge in [-0.25, -0.2) is 4.79 Å². The summed E-state index contributed by atoms with van der Waals surface area (Å²) in [6.07, 6.45) is 3.32. The van der Waals surface area contributed by atoms with Crippen molar-refractivity contribution in [1.82, 2.24) is 4.90 Å². The van der Waals surface area contributed by atoms with E-state index in [1.54, 1.807) is 49.3 Å². The summed E-state index contributed by atoms with van der Waals surface area (Å²) in [7, 11) is 2.85. The van der Waals surface area contributed by atoms with E-state index in [4.69, 9.17) is 14.2 Å². The van der Waals surface area contributed by atoms with Crippen LogP contribution in [0.2, 0.25) is 0 Å². The fraction of sp³-hybridized carbons (Fsp3) is 0.231. The second kappa shape index (κ2) is 10.0. The summed E-state index contributed by atoms with van der Waals surface area (Å²) in [5.41, 5.74) is 2.75. The first-order valence-electron chi connectivity index (χ1n) is 10.2. The number of amides is 1. The first-order chi connectivity index (χ1) is 15.4. The Kier molecular flexibility index (Phi) is 7.15. The highest BCUT2D eigenvalue weighted by molar-refractivity contribution is 6.16. The molecule has 0 saturated carbocycles. The molecule has 0 bridgehead atoms. The van der Waals surface area contributed by atoms with E-state index in [1.165, 1.54) is 7.11 Å². The van der Waals surface area contributed by atoms with Gasteiger partial charge in [0.1, 0.15) is 6.61 Å². The fourth-order valence-corrected chi connectivity index (χ4v) is 3.75. The van der Waals surface area contributed by atoms with E-state index < -0.39 is 5.97 Å². The summed E-state index contributed by atoms with van der Waals surface area (Å²) in [6, 6.07) is 14.7. The molecule has 6 heteroatoms. The lowest BCUT2D eigenvalue weighted by molar-refractivity contribution is -0.136. The van der Waals surface area contributed by atoms with Crippen molar-refractivity contribution in [3.05, 3.63) is 89.2 Å². The van der Waals surface area contributed by atoms with Gasteiger partial charge in [0.2, 0.25) is 0 Å². The molecule has 166 valence electrons. The van der Waals surface area contributed by atoms with Gasteiger partial charge in [-0.1, -0.05) is 49.1 Å². The van der Waals surface area contributed by atoms with E-state index >= 15 is 0 Å². The highest BCUT2D eigenvalue weighted by Gasteiger charge is 2.39. The highest BCUT2D eigenvalue weighted by Crippen LogP contribution is 2.38. The molecule has 32 heavy (non-hydrogen) atoms. The number of nitrogens with zero attached hydrogens (tertiary/aromatic N) is 1. The predicted molar refractivity (Wildman–Crippen MR) is 123 cm³/mol. The molecule has 1 heterocycles. The van der Waals surface area contributed by atoms with E-state index in [9.17, 15) is 9.59 Å². The number of ether oxygens (including phenoxy) is 3. The van der Waals surface area contributed by atoms with Gasteiger partial charge in [-0.3, -0.25) is 4.79 Å². The van der Waals surface area contributed by atoms with Crippen molar-refractivity contribution in [3.63, 3.8) is 0 Å². The number of esters is 1. The third-order valence-corrected chi connectivity index (χ3v) is 5.36. The van der Waals surface area contributed by atoms with Gasteiger partial charge >= 0.3 is 5.97 Å². The van der Waals surface area contributed by atoms with E-state index in [1.807, 2.05) is 37.3 Å². The monoisotopic (exact) mass is 433 g/mol. The fourth-order valence-electron chi connectivity index (χ4n) is 3.75. The number of carbonyl (C=O) groups excluding carboxylic acids is 2. The molecule has 2 aromatic carbocycles. The molecule has 0 spiro atoms. The van der Waals surface area contributed by atoms with Crippen LogP contribution in [0.25, 0.3) is 6.08 Å². The average Bonchev–Trinajstić information content (AvgIpc) is 3.06. The van der Waals surface area contributed by atoms with Gasteiger partial charge in [-0.05, 0) is 43.2 Å². The zero-order valence-electron chi connectivity index (χ0n) is 18.8. The lowest BCUT2D eigenvalue weighted by Gasteiger charge is -2.26. The van der Waals surface area contributed by atoms with Gasteiger partial charge < -0.3 is 19.1 Å². The first-order valence-corrected chi connectivity index (χ1v) is 10.2. The van der Waals surface area contributed by atoms with Crippen LogP contribution in [0.3, 0.4) is 0 Å². The quantitative estimate of drug-likeness (QED) is 0.343. The molecule has 0 fully saturated rings. The van der Waals surface area contributed by atoms with Gasteiger partial charge in [0.25, 0.3) is 5.91 Å². The standard InChI is InChI=1S/C26H27NO5/c1-6-14-32-22-13-12-19(16-23(22)30-4)15-21-24(26(29)31-5)18(3)27(25(21)28)17(2)20-10-8-7-9-11-20/h6-13,15-17H,1,14H2,2-5H3/b21-15-/t17-/m0/s1. The first kappa shape index (κ1) is 22.9. The number of methoxy groups -OCH3 is 2. The Bertz CT molecular complexity index is 1080. The van der Waals surface area contributed by atoms with Crippen molar-refractivity contribution in [2.45, 2.75) is 19.9 Å². The Morgan fingerprint density at radius 3 is 2.47 bits per heavy atom. The van der Waals surface area contributed by atoms with E-state index in [0.29, 0.717) is 29.4 Å². The van der Waals surface area contributed by atoms with Crippen molar-refractivity contribution in [2.75, 3.05) is 20.8 Å². The van der Waals surface area contributed by atoms with Crippen LogP contribution >= 0.6 is 0 Å². The van der Waals surface area contributed by atoms with E-state index in [2.05, 4.69) is 6.58 Å². The zero-order valence-corrected chi connectivity index (χ0v) is 18.8. The van der Waals surface area contributed by atoms with Gasteiger partial charge in [0, 0.05) is 5.70 Å². The Labute approximate surface area is 188 Å². The number of rotatable bonds is 8. The maximum absolute atomic E-state index is 13.5. The average molecular weight is 434 g/mol. The van der Waals surface area contributed by atoms with Gasteiger partial charge in [-0.15, -0.1) is 0 Å². The Morgan fingerprint density at radius 1 is 1.12 bits per heavy atom. The van der Waals surface area contributed by atoms with Gasteiger partial charge in [-0.2, -0.15) is 0 Å². The molecule has 0 aliphatic carbocycles. The summed E-state index contributed by atoms with van der Waals surface area (Å²) in [5.74, 6) is 0.265. The van der Waals surface area contributed by atoms with Crippen LogP contribution < -0.4 is 9.47 Å². The highest BCUT2D eigenvalue weighted by atomic mass is 16.5. The molecular weight excluding hydrogens is 406 g/mol. The molecule has 0 unspecified atom stereocenters. The SMILES string of the molecule is C=CCOc1ccc(/C=C2\C(=O)N([C@@H](C)c3ccccc3)C(C)=C2C(=O)OC)cc1OC. The normalized spacial score (nSPS) is 15.7. The van der Waals surface area contributed by atoms with Crippen LogP contribution in [0, 0.1) is 0 Å². The van der Waals surface area contributed by atoms with Gasteiger partial charge in [0.15, 0.2) is 11.5 Å². The Hall–Kier alpha value is -3.80. The lowest BCUT2D eigenvalue weighted by atomic mass is 10.0. The number of allylic oxidation sites excluding steroid dienone is 1. The Balaban J connectivity index is 2.05. The molecule has 3 rings (SSSR count). The number of carbonyl (C=O) groups is 2. The third-order valence-electron chi connectivity index (χ3n) is 5.36. The Morgan fingerprint density at radius 2 is 1.84 bits per heavy atom. The molecule has 0 radical (unpaired) electrons. The lowest BCUT2D eigenvalue weighted by Crippen LogP contribution is -2.28. The van der Waals surface area contributed by atoms with E-state index in [0.717, 1.165) is 5.56 Å². The molecule has 6 nitrogen and oxygen atoms in total. The molecule has 1 atom stereocenters. The zero-order chi connectivity index (χ0) is 23.3. The summed E-state index contributed by atoms with van der Waals surface area (Å²) in [6.45, 7) is 7.68.